The number of hydrogen-bond donors (Lipinski definition) is 2. The van der Waals surface area contributed by atoms with Crippen molar-refractivity contribution in [2.45, 2.75) is 56.7 Å². The molecule has 0 bridgehead atoms. The lowest BCUT2D eigenvalue weighted by Crippen LogP contribution is -2.39. The van der Waals surface area contributed by atoms with Gasteiger partial charge in [-0.15, -0.1) is 0 Å². The average molecular weight is 282 g/mol. The lowest BCUT2D eigenvalue weighted by Gasteiger charge is -2.17. The van der Waals surface area contributed by atoms with Crippen molar-refractivity contribution in [2.24, 2.45) is 12.9 Å². The zero-order valence-corrected chi connectivity index (χ0v) is 12.9. The molecule has 0 aromatic carbocycles. The van der Waals surface area contributed by atoms with Crippen LogP contribution < -0.4 is 11.3 Å². The van der Waals surface area contributed by atoms with Crippen molar-refractivity contribution in [3.05, 3.63) is 17.5 Å². The highest BCUT2D eigenvalue weighted by atomic mass is 32.2. The Morgan fingerprint density at radius 2 is 2.26 bits per heavy atom. The number of nitrogens with zero attached hydrogens (tertiary/aromatic N) is 2. The van der Waals surface area contributed by atoms with Crippen molar-refractivity contribution in [2.75, 3.05) is 5.75 Å². The Morgan fingerprint density at radius 1 is 1.53 bits per heavy atom. The molecule has 2 rings (SSSR count). The molecule has 0 saturated heterocycles. The SMILES string of the molecule is CCc1cc(CC(CSC2CCCC2)NN)n(C)n1. The Hall–Kier alpha value is -0.520. The monoisotopic (exact) mass is 282 g/mol. The van der Waals surface area contributed by atoms with Crippen LogP contribution in [-0.2, 0) is 19.9 Å². The van der Waals surface area contributed by atoms with E-state index in [2.05, 4.69) is 35.3 Å². The van der Waals surface area contributed by atoms with Crippen molar-refractivity contribution in [1.82, 2.24) is 15.2 Å². The number of hydrogen-bond acceptors (Lipinski definition) is 4. The van der Waals surface area contributed by atoms with Gasteiger partial charge in [0, 0.05) is 36.2 Å². The summed E-state index contributed by atoms with van der Waals surface area (Å²) in [6.07, 6.45) is 7.52. The molecular weight excluding hydrogens is 256 g/mol. The van der Waals surface area contributed by atoms with E-state index < -0.39 is 0 Å². The molecule has 1 heterocycles. The van der Waals surface area contributed by atoms with Gasteiger partial charge in [-0.1, -0.05) is 19.8 Å². The highest BCUT2D eigenvalue weighted by molar-refractivity contribution is 7.99. The van der Waals surface area contributed by atoms with Crippen LogP contribution in [-0.4, -0.2) is 26.8 Å². The maximum atomic E-state index is 5.70. The lowest BCUT2D eigenvalue weighted by molar-refractivity contribution is 0.550. The van der Waals surface area contributed by atoms with Crippen LogP contribution in [0.3, 0.4) is 0 Å². The van der Waals surface area contributed by atoms with Gasteiger partial charge in [-0.25, -0.2) is 0 Å². The zero-order chi connectivity index (χ0) is 13.7. The van der Waals surface area contributed by atoms with E-state index in [1.54, 1.807) is 0 Å². The maximum Gasteiger partial charge on any atom is 0.0624 e. The lowest BCUT2D eigenvalue weighted by atomic mass is 10.1. The van der Waals surface area contributed by atoms with E-state index >= 15 is 0 Å². The van der Waals surface area contributed by atoms with Crippen molar-refractivity contribution in [1.29, 1.82) is 0 Å². The van der Waals surface area contributed by atoms with E-state index in [4.69, 9.17) is 5.84 Å². The molecule has 0 amide bonds. The first-order valence-electron chi connectivity index (χ1n) is 7.32. The second-order valence-corrected chi connectivity index (χ2v) is 6.75. The van der Waals surface area contributed by atoms with Crippen molar-refractivity contribution < 1.29 is 0 Å². The average Bonchev–Trinajstić information content (AvgIpc) is 3.04. The third kappa shape index (κ3) is 4.23. The van der Waals surface area contributed by atoms with Crippen LogP contribution in [0.5, 0.6) is 0 Å². The first-order valence-corrected chi connectivity index (χ1v) is 8.37. The molecule has 1 unspecified atom stereocenters. The largest absolute Gasteiger partial charge is 0.272 e. The zero-order valence-electron chi connectivity index (χ0n) is 12.1. The number of nitrogens with one attached hydrogen (secondary N) is 1. The number of nitrogens with two attached hydrogens (primary N) is 1. The Morgan fingerprint density at radius 3 is 2.84 bits per heavy atom. The van der Waals surface area contributed by atoms with Crippen LogP contribution in [0.15, 0.2) is 6.07 Å². The van der Waals surface area contributed by atoms with Gasteiger partial charge in [0.15, 0.2) is 0 Å². The molecule has 1 aliphatic carbocycles. The molecule has 1 fully saturated rings. The first-order chi connectivity index (χ1) is 9.22. The Kier molecular flexibility index (Phi) is 5.73. The predicted molar refractivity (Wildman–Crippen MR) is 82.1 cm³/mol. The normalized spacial score (nSPS) is 18.1. The molecule has 1 aliphatic rings. The van der Waals surface area contributed by atoms with Gasteiger partial charge in [0.1, 0.15) is 0 Å². The molecule has 3 N–H and O–H groups in total. The van der Waals surface area contributed by atoms with Gasteiger partial charge in [0.2, 0.25) is 0 Å². The molecule has 0 spiro atoms. The van der Waals surface area contributed by atoms with Crippen LogP contribution in [0.25, 0.3) is 0 Å². The second-order valence-electron chi connectivity index (χ2n) is 5.41. The Bertz CT molecular complexity index is 385. The molecule has 1 atom stereocenters. The standard InChI is InChI=1S/C14H26N4S/c1-3-11-8-13(18(2)17-11)9-12(16-15)10-19-14-6-4-5-7-14/h8,12,14,16H,3-7,9-10,15H2,1-2H3. The summed E-state index contributed by atoms with van der Waals surface area (Å²) in [6, 6.07) is 2.54. The van der Waals surface area contributed by atoms with E-state index in [1.165, 1.54) is 31.4 Å². The predicted octanol–water partition coefficient (Wildman–Crippen LogP) is 2.03. The quantitative estimate of drug-likeness (QED) is 0.593. The smallest absolute Gasteiger partial charge is 0.0624 e. The van der Waals surface area contributed by atoms with Crippen molar-refractivity contribution in [3.63, 3.8) is 0 Å². The van der Waals surface area contributed by atoms with E-state index in [-0.39, 0.29) is 0 Å². The van der Waals surface area contributed by atoms with Crippen LogP contribution >= 0.6 is 11.8 Å². The van der Waals surface area contributed by atoms with E-state index in [9.17, 15) is 0 Å². The number of aryl methyl sites for hydroxylation is 2. The fourth-order valence-corrected chi connectivity index (χ4v) is 4.05. The van der Waals surface area contributed by atoms with Gasteiger partial charge < -0.3 is 0 Å². The molecule has 1 aromatic rings. The number of aromatic nitrogens is 2. The van der Waals surface area contributed by atoms with E-state index in [0.717, 1.165) is 29.5 Å². The third-order valence-electron chi connectivity index (χ3n) is 3.92. The van der Waals surface area contributed by atoms with Crippen molar-refractivity contribution >= 4 is 11.8 Å². The fourth-order valence-electron chi connectivity index (χ4n) is 2.66. The van der Waals surface area contributed by atoms with Crippen LogP contribution in [0, 0.1) is 0 Å². The van der Waals surface area contributed by atoms with Gasteiger partial charge in [-0.05, 0) is 25.3 Å². The summed E-state index contributed by atoms with van der Waals surface area (Å²) < 4.78 is 1.99. The molecule has 5 heteroatoms. The maximum absolute atomic E-state index is 5.70. The summed E-state index contributed by atoms with van der Waals surface area (Å²) in [5.41, 5.74) is 5.40. The van der Waals surface area contributed by atoms with Gasteiger partial charge in [0.05, 0.1) is 5.69 Å². The topological polar surface area (TPSA) is 55.9 Å². The molecule has 19 heavy (non-hydrogen) atoms. The summed E-state index contributed by atoms with van der Waals surface area (Å²) in [4.78, 5) is 0. The highest BCUT2D eigenvalue weighted by Gasteiger charge is 2.18. The number of rotatable bonds is 7. The summed E-state index contributed by atoms with van der Waals surface area (Å²) in [7, 11) is 2.02. The van der Waals surface area contributed by atoms with E-state index in [1.807, 2.05) is 11.7 Å². The van der Waals surface area contributed by atoms with Gasteiger partial charge >= 0.3 is 0 Å². The molecule has 108 valence electrons. The summed E-state index contributed by atoms with van der Waals surface area (Å²) in [5.74, 6) is 6.79. The molecular formula is C14H26N4S. The second kappa shape index (κ2) is 7.31. The van der Waals surface area contributed by atoms with Gasteiger partial charge in [0.25, 0.3) is 0 Å². The Balaban J connectivity index is 1.84. The molecule has 1 aromatic heterocycles. The minimum Gasteiger partial charge on any atom is -0.272 e. The number of thioether (sulfide) groups is 1. The molecule has 0 radical (unpaired) electrons. The third-order valence-corrected chi connectivity index (χ3v) is 5.45. The summed E-state index contributed by atoms with van der Waals surface area (Å²) in [6.45, 7) is 2.14. The van der Waals surface area contributed by atoms with Crippen LogP contribution in [0.1, 0.15) is 44.0 Å². The van der Waals surface area contributed by atoms with Crippen LogP contribution in [0.2, 0.25) is 0 Å². The minimum atomic E-state index is 0.339. The summed E-state index contributed by atoms with van der Waals surface area (Å²) in [5, 5.41) is 5.35. The van der Waals surface area contributed by atoms with Gasteiger partial charge in [-0.2, -0.15) is 16.9 Å². The highest BCUT2D eigenvalue weighted by Crippen LogP contribution is 2.29. The van der Waals surface area contributed by atoms with Gasteiger partial charge in [-0.3, -0.25) is 16.0 Å². The van der Waals surface area contributed by atoms with E-state index in [0.29, 0.717) is 6.04 Å². The van der Waals surface area contributed by atoms with Crippen LogP contribution in [0.4, 0.5) is 0 Å². The molecule has 4 nitrogen and oxygen atoms in total. The minimum absolute atomic E-state index is 0.339. The number of hydrazine groups is 1. The fraction of sp³-hybridized carbons (Fsp3) is 0.786. The first kappa shape index (κ1) is 14.9. The Labute approximate surface area is 120 Å². The summed E-state index contributed by atoms with van der Waals surface area (Å²) >= 11 is 2.08. The molecule has 0 aliphatic heterocycles. The molecule has 1 saturated carbocycles. The van der Waals surface area contributed by atoms with Crippen molar-refractivity contribution in [3.8, 4) is 0 Å².